The molecule has 2 aromatic carbocycles. The molecule has 0 unspecified atom stereocenters. The maximum atomic E-state index is 13.4. The van der Waals surface area contributed by atoms with Crippen molar-refractivity contribution in [2.24, 2.45) is 0 Å². The number of anilines is 2. The van der Waals surface area contributed by atoms with E-state index in [9.17, 15) is 23.3 Å². The Morgan fingerprint density at radius 3 is 2.42 bits per heavy atom. The Hall–Kier alpha value is -4.31. The van der Waals surface area contributed by atoms with Crippen molar-refractivity contribution in [1.29, 1.82) is 5.26 Å². The van der Waals surface area contributed by atoms with Gasteiger partial charge in [0.1, 0.15) is 5.76 Å². The molecule has 1 aliphatic heterocycles. The minimum atomic E-state index is -3.66. The quantitative estimate of drug-likeness (QED) is 0.343. The van der Waals surface area contributed by atoms with Gasteiger partial charge in [0.15, 0.2) is 0 Å². The van der Waals surface area contributed by atoms with Gasteiger partial charge in [-0.15, -0.1) is 0 Å². The number of hydrogen-bond acceptors (Lipinski definition) is 8. The molecular weight excluding hydrogens is 550 g/mol. The number of carbonyl (C=O) groups excluding carboxylic acids is 2. The Balaban J connectivity index is 1.55. The van der Waals surface area contributed by atoms with Crippen LogP contribution in [0.4, 0.5) is 11.4 Å². The molecule has 2 amide bonds. The summed E-state index contributed by atoms with van der Waals surface area (Å²) in [6.07, 6.45) is 1.47. The normalized spacial score (nSPS) is 15.4. The minimum Gasteiger partial charge on any atom is -0.468 e. The zero-order valence-corrected chi connectivity index (χ0v) is 23.6. The van der Waals surface area contributed by atoms with Crippen LogP contribution in [-0.2, 0) is 19.6 Å². The van der Waals surface area contributed by atoms with Crippen molar-refractivity contribution in [1.82, 2.24) is 9.62 Å². The average molecular weight is 578 g/mol. The monoisotopic (exact) mass is 577 g/mol. The fraction of sp³-hybridized carbons (Fsp3) is 0.179. The highest BCUT2D eigenvalue weighted by Gasteiger charge is 2.36. The molecule has 0 bridgehead atoms. The number of thioether (sulfide) groups is 1. The van der Waals surface area contributed by atoms with Gasteiger partial charge in [-0.25, -0.2) is 12.7 Å². The summed E-state index contributed by atoms with van der Waals surface area (Å²) in [6, 6.07) is 20.5. The van der Waals surface area contributed by atoms with Gasteiger partial charge in [0.05, 0.1) is 45.1 Å². The summed E-state index contributed by atoms with van der Waals surface area (Å²) in [6.45, 7) is 1.72. The number of sulfonamides is 1. The largest absolute Gasteiger partial charge is 0.468 e. The molecule has 10 nitrogen and oxygen atoms in total. The summed E-state index contributed by atoms with van der Waals surface area (Å²) in [5, 5.41) is 19.2. The summed E-state index contributed by atoms with van der Waals surface area (Å²) in [4.78, 5) is 26.2. The molecule has 1 aliphatic rings. The van der Waals surface area contributed by atoms with Crippen molar-refractivity contribution in [2.45, 2.75) is 17.7 Å². The van der Waals surface area contributed by atoms with E-state index in [2.05, 4.69) is 22.0 Å². The van der Waals surface area contributed by atoms with Crippen LogP contribution in [0, 0.1) is 11.3 Å². The molecule has 40 heavy (non-hydrogen) atoms. The molecule has 12 heteroatoms. The molecule has 4 rings (SSSR count). The van der Waals surface area contributed by atoms with E-state index in [0.29, 0.717) is 33.4 Å². The fourth-order valence-electron chi connectivity index (χ4n) is 4.07. The van der Waals surface area contributed by atoms with E-state index in [-0.39, 0.29) is 22.1 Å². The maximum Gasteiger partial charge on any atom is 0.254 e. The Kier molecular flexibility index (Phi) is 8.79. The molecule has 0 saturated carbocycles. The van der Waals surface area contributed by atoms with Gasteiger partial charge in [0, 0.05) is 31.2 Å². The topological polar surface area (TPSA) is 145 Å². The second-order valence-electron chi connectivity index (χ2n) is 8.94. The van der Waals surface area contributed by atoms with Gasteiger partial charge >= 0.3 is 0 Å². The predicted molar refractivity (Wildman–Crippen MR) is 153 cm³/mol. The first-order valence-electron chi connectivity index (χ1n) is 12.1. The molecular formula is C28H27N5O5S2. The van der Waals surface area contributed by atoms with Crippen molar-refractivity contribution < 1.29 is 22.4 Å². The van der Waals surface area contributed by atoms with E-state index in [1.165, 1.54) is 32.5 Å². The van der Waals surface area contributed by atoms with Crippen LogP contribution in [0.2, 0.25) is 0 Å². The van der Waals surface area contributed by atoms with E-state index in [4.69, 9.17) is 4.42 Å². The van der Waals surface area contributed by atoms with Crippen LogP contribution in [0.25, 0.3) is 0 Å². The molecule has 206 valence electrons. The lowest BCUT2D eigenvalue weighted by Gasteiger charge is -2.28. The Bertz CT molecular complexity index is 1620. The van der Waals surface area contributed by atoms with Gasteiger partial charge in [-0.05, 0) is 49.4 Å². The number of furan rings is 1. The van der Waals surface area contributed by atoms with E-state index < -0.39 is 21.8 Å². The Morgan fingerprint density at radius 2 is 1.77 bits per heavy atom. The molecule has 0 radical (unpaired) electrons. The van der Waals surface area contributed by atoms with Crippen molar-refractivity contribution in [3.8, 4) is 6.07 Å². The van der Waals surface area contributed by atoms with Crippen molar-refractivity contribution in [3.63, 3.8) is 0 Å². The Labute approximate surface area is 236 Å². The van der Waals surface area contributed by atoms with E-state index in [0.717, 1.165) is 16.1 Å². The van der Waals surface area contributed by atoms with Gasteiger partial charge in [-0.3, -0.25) is 9.59 Å². The first-order valence-corrected chi connectivity index (χ1v) is 14.5. The molecule has 0 saturated heterocycles. The molecule has 3 aromatic rings. The standard InChI is InChI=1S/C28H27N5O5S2/c1-18-25(27(35)32-19-9-5-4-6-10-19)26(23-13-8-14-38-23)22(16-29)28(30-18)39-17-24(34)31-20-11-7-12-21(15-20)40(36,37)33(2)3/h4-15,26,30H,17H2,1-3H3,(H,31,34)(H,32,35)/t26-/m0/s1. The highest BCUT2D eigenvalue weighted by Crippen LogP contribution is 2.41. The number of allylic oxidation sites excluding steroid dienone is 2. The number of nitrogens with zero attached hydrogens (tertiary/aromatic N) is 2. The number of nitriles is 1. The lowest BCUT2D eigenvalue weighted by molar-refractivity contribution is -0.114. The third kappa shape index (κ3) is 6.28. The first-order chi connectivity index (χ1) is 19.1. The minimum absolute atomic E-state index is 0.0507. The molecule has 0 aliphatic carbocycles. The number of para-hydroxylation sites is 1. The van der Waals surface area contributed by atoms with E-state index in [1.807, 2.05) is 6.07 Å². The lowest BCUT2D eigenvalue weighted by Crippen LogP contribution is -2.31. The zero-order valence-electron chi connectivity index (χ0n) is 22.0. The molecule has 0 fully saturated rings. The maximum absolute atomic E-state index is 13.4. The van der Waals surface area contributed by atoms with Crippen LogP contribution >= 0.6 is 11.8 Å². The van der Waals surface area contributed by atoms with E-state index >= 15 is 0 Å². The first kappa shape index (κ1) is 28.7. The van der Waals surface area contributed by atoms with Crippen molar-refractivity contribution >= 4 is 45.0 Å². The second-order valence-corrected chi connectivity index (χ2v) is 12.1. The number of amides is 2. The Morgan fingerprint density at radius 1 is 1.05 bits per heavy atom. The number of carbonyl (C=O) groups is 2. The molecule has 2 heterocycles. The van der Waals surface area contributed by atoms with Crippen LogP contribution < -0.4 is 16.0 Å². The molecule has 3 N–H and O–H groups in total. The molecule has 1 aromatic heterocycles. The third-order valence-corrected chi connectivity index (χ3v) is 8.82. The summed E-state index contributed by atoms with van der Waals surface area (Å²) in [5.74, 6) is -1.25. The highest BCUT2D eigenvalue weighted by molar-refractivity contribution is 8.03. The number of hydrogen-bond donors (Lipinski definition) is 3. The highest BCUT2D eigenvalue weighted by atomic mass is 32.2. The number of dihydropyridines is 1. The van der Waals surface area contributed by atoms with Gasteiger partial charge in [-0.2, -0.15) is 5.26 Å². The fourth-order valence-corrected chi connectivity index (χ4v) is 5.91. The van der Waals surface area contributed by atoms with Crippen LogP contribution in [0.3, 0.4) is 0 Å². The van der Waals surface area contributed by atoms with Crippen LogP contribution in [-0.4, -0.2) is 44.4 Å². The van der Waals surface area contributed by atoms with Crippen LogP contribution in [0.1, 0.15) is 18.6 Å². The number of nitrogens with one attached hydrogen (secondary N) is 3. The van der Waals surface area contributed by atoms with Gasteiger partial charge in [0.2, 0.25) is 15.9 Å². The lowest BCUT2D eigenvalue weighted by atomic mass is 9.85. The predicted octanol–water partition coefficient (Wildman–Crippen LogP) is 4.24. The molecule has 1 atom stereocenters. The second kappa shape index (κ2) is 12.3. The number of benzene rings is 2. The van der Waals surface area contributed by atoms with E-state index in [1.54, 1.807) is 55.5 Å². The third-order valence-electron chi connectivity index (χ3n) is 6.00. The summed E-state index contributed by atoms with van der Waals surface area (Å²) in [5.41, 5.74) is 1.99. The van der Waals surface area contributed by atoms with Gasteiger partial charge in [0.25, 0.3) is 5.91 Å². The zero-order chi connectivity index (χ0) is 28.9. The van der Waals surface area contributed by atoms with Gasteiger partial charge in [-0.1, -0.05) is 36.0 Å². The summed E-state index contributed by atoms with van der Waals surface area (Å²) < 4.78 is 31.6. The van der Waals surface area contributed by atoms with Crippen LogP contribution in [0.15, 0.2) is 104 Å². The van der Waals surface area contributed by atoms with Crippen molar-refractivity contribution in [2.75, 3.05) is 30.5 Å². The smallest absolute Gasteiger partial charge is 0.254 e. The van der Waals surface area contributed by atoms with Crippen LogP contribution in [0.5, 0.6) is 0 Å². The summed E-state index contributed by atoms with van der Waals surface area (Å²) in [7, 11) is -0.808. The van der Waals surface area contributed by atoms with Crippen molar-refractivity contribution in [3.05, 3.63) is 101 Å². The SMILES string of the molecule is CC1=C(C(=O)Nc2ccccc2)[C@H](c2ccco2)C(C#N)=C(SCC(=O)Nc2cccc(S(=O)(=O)N(C)C)c2)N1. The summed E-state index contributed by atoms with van der Waals surface area (Å²) >= 11 is 1.09. The molecule has 0 spiro atoms. The van der Waals surface area contributed by atoms with Gasteiger partial charge < -0.3 is 20.4 Å². The average Bonchev–Trinajstić information content (AvgIpc) is 3.47. The number of rotatable bonds is 9.